The average molecular weight is 240 g/mol. The number of rotatable bonds is 4. The number of methoxy groups -OCH3 is 2. The molecule has 0 heterocycles. The van der Waals surface area contributed by atoms with Crippen molar-refractivity contribution in [2.45, 2.75) is 52.7 Å². The van der Waals surface area contributed by atoms with Gasteiger partial charge in [-0.15, -0.1) is 0 Å². The average Bonchev–Trinajstić information content (AvgIpc) is 2.27. The van der Waals surface area contributed by atoms with Gasteiger partial charge in [0.1, 0.15) is 0 Å². The zero-order chi connectivity index (χ0) is 13.1. The Bertz CT molecular complexity index is 264. The van der Waals surface area contributed by atoms with Crippen molar-refractivity contribution in [3.8, 4) is 0 Å². The maximum absolute atomic E-state index is 5.37. The van der Waals surface area contributed by atoms with Crippen LogP contribution in [0.5, 0.6) is 0 Å². The van der Waals surface area contributed by atoms with Crippen LogP contribution in [0.25, 0.3) is 0 Å². The van der Waals surface area contributed by atoms with E-state index in [0.29, 0.717) is 11.3 Å². The fraction of sp³-hybridized carbons (Fsp3) is 0.867. The van der Waals surface area contributed by atoms with Crippen molar-refractivity contribution < 1.29 is 9.47 Å². The van der Waals surface area contributed by atoms with E-state index in [1.54, 1.807) is 14.2 Å². The minimum atomic E-state index is -0.590. The first kappa shape index (κ1) is 14.7. The number of hydrogen-bond acceptors (Lipinski definition) is 2. The summed E-state index contributed by atoms with van der Waals surface area (Å²) in [5, 5.41) is 0. The molecule has 0 bridgehead atoms. The summed E-state index contributed by atoms with van der Waals surface area (Å²) in [6.45, 7) is 9.04. The first-order valence-corrected chi connectivity index (χ1v) is 6.64. The molecule has 100 valence electrons. The zero-order valence-electron chi connectivity index (χ0n) is 12.2. The molecular weight excluding hydrogens is 212 g/mol. The standard InChI is InChI=1S/C15H28O2/c1-12-8-7-10-14(2,3)13(12)9-11-15(4,16-5)17-6/h9,11-13H,7-8,10H2,1-6H3. The predicted octanol–water partition coefficient (Wildman–Crippen LogP) is 4.01. The van der Waals surface area contributed by atoms with E-state index in [0.717, 1.165) is 5.92 Å². The van der Waals surface area contributed by atoms with Gasteiger partial charge in [-0.2, -0.15) is 0 Å². The Morgan fingerprint density at radius 1 is 1.24 bits per heavy atom. The first-order chi connectivity index (χ1) is 7.84. The molecule has 2 heteroatoms. The normalized spacial score (nSPS) is 29.8. The minimum absolute atomic E-state index is 0.385. The van der Waals surface area contributed by atoms with Gasteiger partial charge in [-0.05, 0) is 36.7 Å². The van der Waals surface area contributed by atoms with Crippen LogP contribution in [0.3, 0.4) is 0 Å². The number of ether oxygens (including phenoxy) is 2. The molecular formula is C15H28O2. The SMILES string of the molecule is COC(C)(C=CC1C(C)CCCC1(C)C)OC. The third kappa shape index (κ3) is 3.56. The molecule has 0 radical (unpaired) electrons. The molecule has 0 spiro atoms. The van der Waals surface area contributed by atoms with Gasteiger partial charge in [0.2, 0.25) is 0 Å². The Balaban J connectivity index is 2.80. The summed E-state index contributed by atoms with van der Waals surface area (Å²) in [6, 6.07) is 0. The molecule has 0 amide bonds. The highest BCUT2D eigenvalue weighted by Crippen LogP contribution is 2.44. The third-order valence-electron chi connectivity index (χ3n) is 4.41. The first-order valence-electron chi connectivity index (χ1n) is 6.64. The van der Waals surface area contributed by atoms with E-state index in [4.69, 9.17) is 9.47 Å². The Morgan fingerprint density at radius 2 is 1.82 bits per heavy atom. The van der Waals surface area contributed by atoms with E-state index in [1.807, 2.05) is 6.92 Å². The van der Waals surface area contributed by atoms with Gasteiger partial charge in [0.25, 0.3) is 0 Å². The van der Waals surface area contributed by atoms with Gasteiger partial charge in [-0.1, -0.05) is 39.7 Å². The molecule has 2 atom stereocenters. The van der Waals surface area contributed by atoms with Crippen molar-refractivity contribution in [1.82, 2.24) is 0 Å². The second-order valence-electron chi connectivity index (χ2n) is 6.17. The molecule has 0 aromatic carbocycles. The topological polar surface area (TPSA) is 18.5 Å². The molecule has 1 saturated carbocycles. The van der Waals surface area contributed by atoms with Gasteiger partial charge in [0.15, 0.2) is 5.79 Å². The quantitative estimate of drug-likeness (QED) is 0.546. The molecule has 0 saturated heterocycles. The molecule has 2 nitrogen and oxygen atoms in total. The van der Waals surface area contributed by atoms with E-state index in [2.05, 4.69) is 32.9 Å². The summed E-state index contributed by atoms with van der Waals surface area (Å²) in [5.74, 6) is 0.765. The summed E-state index contributed by atoms with van der Waals surface area (Å²) in [5.41, 5.74) is 0.385. The minimum Gasteiger partial charge on any atom is -0.350 e. The van der Waals surface area contributed by atoms with Crippen LogP contribution in [0.4, 0.5) is 0 Å². The molecule has 1 rings (SSSR count). The van der Waals surface area contributed by atoms with Crippen LogP contribution in [0, 0.1) is 17.3 Å². The summed E-state index contributed by atoms with van der Waals surface area (Å²) in [4.78, 5) is 0. The fourth-order valence-corrected chi connectivity index (χ4v) is 2.94. The van der Waals surface area contributed by atoms with E-state index in [9.17, 15) is 0 Å². The van der Waals surface area contributed by atoms with E-state index in [1.165, 1.54) is 19.3 Å². The highest BCUT2D eigenvalue weighted by molar-refractivity contribution is 5.04. The lowest BCUT2D eigenvalue weighted by Gasteiger charge is -2.41. The molecule has 17 heavy (non-hydrogen) atoms. The Labute approximate surface area is 106 Å². The van der Waals surface area contributed by atoms with Crippen molar-refractivity contribution in [1.29, 1.82) is 0 Å². The van der Waals surface area contributed by atoms with Gasteiger partial charge in [0, 0.05) is 14.2 Å². The summed E-state index contributed by atoms with van der Waals surface area (Å²) in [6.07, 6.45) is 8.36. The van der Waals surface area contributed by atoms with Gasteiger partial charge < -0.3 is 9.47 Å². The fourth-order valence-electron chi connectivity index (χ4n) is 2.94. The summed E-state index contributed by atoms with van der Waals surface area (Å²) >= 11 is 0. The Kier molecular flexibility index (Phi) is 4.79. The predicted molar refractivity (Wildman–Crippen MR) is 71.8 cm³/mol. The van der Waals surface area contributed by atoms with Crippen LogP contribution in [0.15, 0.2) is 12.2 Å². The molecule has 1 aliphatic rings. The molecule has 0 N–H and O–H groups in total. The second kappa shape index (κ2) is 5.53. The van der Waals surface area contributed by atoms with Crippen molar-refractivity contribution in [3.63, 3.8) is 0 Å². The molecule has 1 fully saturated rings. The van der Waals surface area contributed by atoms with Gasteiger partial charge in [-0.25, -0.2) is 0 Å². The molecule has 2 unspecified atom stereocenters. The lowest BCUT2D eigenvalue weighted by atomic mass is 9.64. The largest absolute Gasteiger partial charge is 0.350 e. The Morgan fingerprint density at radius 3 is 2.29 bits per heavy atom. The van der Waals surface area contributed by atoms with Crippen LogP contribution >= 0.6 is 0 Å². The maximum Gasteiger partial charge on any atom is 0.184 e. The second-order valence-corrected chi connectivity index (χ2v) is 6.17. The van der Waals surface area contributed by atoms with E-state index >= 15 is 0 Å². The Hall–Kier alpha value is -0.340. The molecule has 1 aliphatic carbocycles. The highest BCUT2D eigenvalue weighted by atomic mass is 16.7. The molecule has 0 aliphatic heterocycles. The van der Waals surface area contributed by atoms with Crippen LogP contribution in [0.2, 0.25) is 0 Å². The smallest absolute Gasteiger partial charge is 0.184 e. The summed E-state index contributed by atoms with van der Waals surface area (Å²) < 4.78 is 10.7. The van der Waals surface area contributed by atoms with E-state index in [-0.39, 0.29) is 0 Å². The van der Waals surface area contributed by atoms with E-state index < -0.39 is 5.79 Å². The number of hydrogen-bond donors (Lipinski definition) is 0. The lowest BCUT2D eigenvalue weighted by molar-refractivity contribution is -0.156. The van der Waals surface area contributed by atoms with Crippen LogP contribution in [0.1, 0.15) is 47.0 Å². The zero-order valence-corrected chi connectivity index (χ0v) is 12.2. The van der Waals surface area contributed by atoms with Crippen molar-refractivity contribution >= 4 is 0 Å². The van der Waals surface area contributed by atoms with Crippen molar-refractivity contribution in [2.24, 2.45) is 17.3 Å². The maximum atomic E-state index is 5.37. The van der Waals surface area contributed by atoms with Crippen molar-refractivity contribution in [3.05, 3.63) is 12.2 Å². The van der Waals surface area contributed by atoms with Crippen molar-refractivity contribution in [2.75, 3.05) is 14.2 Å². The van der Waals surface area contributed by atoms with Gasteiger partial charge in [0.05, 0.1) is 0 Å². The van der Waals surface area contributed by atoms with Crippen LogP contribution in [-0.2, 0) is 9.47 Å². The van der Waals surface area contributed by atoms with Gasteiger partial charge >= 0.3 is 0 Å². The van der Waals surface area contributed by atoms with Crippen LogP contribution in [-0.4, -0.2) is 20.0 Å². The third-order valence-corrected chi connectivity index (χ3v) is 4.41. The lowest BCUT2D eigenvalue weighted by Crippen LogP contribution is -2.33. The van der Waals surface area contributed by atoms with Gasteiger partial charge in [-0.3, -0.25) is 0 Å². The molecule has 0 aromatic heterocycles. The van der Waals surface area contributed by atoms with Crippen LogP contribution < -0.4 is 0 Å². The summed E-state index contributed by atoms with van der Waals surface area (Å²) in [7, 11) is 3.37. The molecule has 0 aromatic rings. The highest BCUT2D eigenvalue weighted by Gasteiger charge is 2.35. The monoisotopic (exact) mass is 240 g/mol. The number of allylic oxidation sites excluding steroid dienone is 1.